The Labute approximate surface area is 87.8 Å². The van der Waals surface area contributed by atoms with Gasteiger partial charge >= 0.3 is 0 Å². The highest BCUT2D eigenvalue weighted by Gasteiger charge is 2.08. The first kappa shape index (κ1) is 9.71. The molecule has 15 heavy (non-hydrogen) atoms. The summed E-state index contributed by atoms with van der Waals surface area (Å²) >= 11 is 0. The number of aryl methyl sites for hydroxylation is 1. The molecule has 2 rings (SSSR count). The molecule has 0 aliphatic carbocycles. The largest absolute Gasteiger partial charge is 0.493 e. The Hall–Kier alpha value is -1.84. The molecule has 2 aromatic rings. The molecule has 0 fully saturated rings. The molecular formula is C11H12N2O2. The number of nitrogens with zero attached hydrogens (tertiary/aromatic N) is 2. The van der Waals surface area contributed by atoms with E-state index in [1.54, 1.807) is 20.4 Å². The van der Waals surface area contributed by atoms with Crippen molar-refractivity contribution in [2.75, 3.05) is 14.2 Å². The third kappa shape index (κ3) is 1.58. The average Bonchev–Trinajstić information content (AvgIpc) is 2.28. The summed E-state index contributed by atoms with van der Waals surface area (Å²) in [5, 5.41) is 8.97. The molecule has 1 aromatic carbocycles. The van der Waals surface area contributed by atoms with Gasteiger partial charge in [0.25, 0.3) is 0 Å². The van der Waals surface area contributed by atoms with Gasteiger partial charge in [0, 0.05) is 11.5 Å². The lowest BCUT2D eigenvalue weighted by Crippen LogP contribution is -1.93. The molecule has 0 unspecified atom stereocenters. The minimum Gasteiger partial charge on any atom is -0.493 e. The van der Waals surface area contributed by atoms with Gasteiger partial charge in [0.1, 0.15) is 0 Å². The summed E-state index contributed by atoms with van der Waals surface area (Å²) in [6.07, 6.45) is 1.73. The van der Waals surface area contributed by atoms with Gasteiger partial charge in [-0.2, -0.15) is 10.2 Å². The van der Waals surface area contributed by atoms with E-state index in [0.717, 1.165) is 16.5 Å². The Morgan fingerprint density at radius 2 is 1.73 bits per heavy atom. The van der Waals surface area contributed by atoms with Crippen molar-refractivity contribution < 1.29 is 9.47 Å². The van der Waals surface area contributed by atoms with Gasteiger partial charge in [-0.3, -0.25) is 0 Å². The normalized spacial score (nSPS) is 10.3. The van der Waals surface area contributed by atoms with Crippen LogP contribution in [0.3, 0.4) is 0 Å². The summed E-state index contributed by atoms with van der Waals surface area (Å²) < 4.78 is 10.4. The fourth-order valence-corrected chi connectivity index (χ4v) is 1.51. The standard InChI is InChI=1S/C11H12N2O2/c1-7-6-12-13-9-5-11(15-3)10(14-2)4-8(7)9/h4-6H,1-3H3. The third-order valence-electron chi connectivity index (χ3n) is 2.34. The summed E-state index contributed by atoms with van der Waals surface area (Å²) in [4.78, 5) is 0. The van der Waals surface area contributed by atoms with Crippen molar-refractivity contribution in [1.29, 1.82) is 0 Å². The maximum absolute atomic E-state index is 5.23. The van der Waals surface area contributed by atoms with Crippen LogP contribution in [0.25, 0.3) is 10.9 Å². The molecule has 0 amide bonds. The van der Waals surface area contributed by atoms with Gasteiger partial charge in [0.05, 0.1) is 25.9 Å². The van der Waals surface area contributed by atoms with Crippen LogP contribution in [0.2, 0.25) is 0 Å². The smallest absolute Gasteiger partial charge is 0.162 e. The minimum atomic E-state index is 0.671. The Kier molecular flexibility index (Phi) is 2.41. The van der Waals surface area contributed by atoms with Crippen molar-refractivity contribution in [3.05, 3.63) is 23.9 Å². The van der Waals surface area contributed by atoms with Crippen LogP contribution in [-0.4, -0.2) is 24.4 Å². The second kappa shape index (κ2) is 3.73. The highest BCUT2D eigenvalue weighted by molar-refractivity contribution is 5.84. The van der Waals surface area contributed by atoms with E-state index in [1.807, 2.05) is 19.1 Å². The highest BCUT2D eigenvalue weighted by Crippen LogP contribution is 2.31. The lowest BCUT2D eigenvalue weighted by molar-refractivity contribution is 0.355. The maximum atomic E-state index is 5.23. The number of fused-ring (bicyclic) bond motifs is 1. The van der Waals surface area contributed by atoms with Crippen molar-refractivity contribution in [3.8, 4) is 11.5 Å². The Morgan fingerprint density at radius 1 is 1.07 bits per heavy atom. The van der Waals surface area contributed by atoms with Crippen LogP contribution in [-0.2, 0) is 0 Å². The number of aromatic nitrogens is 2. The number of hydrogen-bond donors (Lipinski definition) is 0. The van der Waals surface area contributed by atoms with Crippen molar-refractivity contribution in [2.45, 2.75) is 6.92 Å². The van der Waals surface area contributed by atoms with Gasteiger partial charge in [-0.25, -0.2) is 0 Å². The second-order valence-electron chi connectivity index (χ2n) is 3.25. The first-order valence-electron chi connectivity index (χ1n) is 4.60. The lowest BCUT2D eigenvalue weighted by atomic mass is 10.1. The number of rotatable bonds is 2. The van der Waals surface area contributed by atoms with Gasteiger partial charge in [0.2, 0.25) is 0 Å². The van der Waals surface area contributed by atoms with E-state index in [2.05, 4.69) is 10.2 Å². The summed E-state index contributed by atoms with van der Waals surface area (Å²) in [5.41, 5.74) is 1.88. The van der Waals surface area contributed by atoms with Crippen LogP contribution in [0, 0.1) is 6.92 Å². The van der Waals surface area contributed by atoms with E-state index in [0.29, 0.717) is 11.5 Å². The molecule has 0 aliphatic rings. The molecule has 0 N–H and O–H groups in total. The van der Waals surface area contributed by atoms with Gasteiger partial charge < -0.3 is 9.47 Å². The van der Waals surface area contributed by atoms with E-state index in [1.165, 1.54) is 0 Å². The summed E-state index contributed by atoms with van der Waals surface area (Å²) in [5.74, 6) is 1.38. The van der Waals surface area contributed by atoms with Crippen molar-refractivity contribution >= 4 is 10.9 Å². The lowest BCUT2D eigenvalue weighted by Gasteiger charge is -2.09. The molecule has 0 aliphatic heterocycles. The molecule has 0 saturated heterocycles. The molecule has 0 bridgehead atoms. The van der Waals surface area contributed by atoms with Crippen LogP contribution in [0.1, 0.15) is 5.56 Å². The van der Waals surface area contributed by atoms with E-state index < -0.39 is 0 Å². The number of ether oxygens (including phenoxy) is 2. The minimum absolute atomic E-state index is 0.671. The third-order valence-corrected chi connectivity index (χ3v) is 2.34. The van der Waals surface area contributed by atoms with E-state index in [4.69, 9.17) is 9.47 Å². The molecule has 1 aromatic heterocycles. The molecular weight excluding hydrogens is 192 g/mol. The topological polar surface area (TPSA) is 44.2 Å². The Morgan fingerprint density at radius 3 is 2.40 bits per heavy atom. The van der Waals surface area contributed by atoms with E-state index in [9.17, 15) is 0 Å². The quantitative estimate of drug-likeness (QED) is 0.750. The maximum Gasteiger partial charge on any atom is 0.162 e. The van der Waals surface area contributed by atoms with Crippen LogP contribution < -0.4 is 9.47 Å². The molecule has 0 spiro atoms. The first-order valence-corrected chi connectivity index (χ1v) is 4.60. The molecule has 78 valence electrons. The molecule has 0 radical (unpaired) electrons. The predicted molar refractivity (Wildman–Crippen MR) is 57.4 cm³/mol. The monoisotopic (exact) mass is 204 g/mol. The van der Waals surface area contributed by atoms with Crippen LogP contribution in [0.15, 0.2) is 18.3 Å². The molecule has 4 heteroatoms. The summed E-state index contributed by atoms with van der Waals surface area (Å²) in [6, 6.07) is 3.74. The van der Waals surface area contributed by atoms with Gasteiger partial charge in [-0.05, 0) is 18.6 Å². The highest BCUT2D eigenvalue weighted by atomic mass is 16.5. The number of methoxy groups -OCH3 is 2. The van der Waals surface area contributed by atoms with Gasteiger partial charge in [0.15, 0.2) is 11.5 Å². The summed E-state index contributed by atoms with van der Waals surface area (Å²) in [6.45, 7) is 1.99. The molecule has 0 saturated carbocycles. The fourth-order valence-electron chi connectivity index (χ4n) is 1.51. The zero-order valence-electron chi connectivity index (χ0n) is 8.94. The average molecular weight is 204 g/mol. The molecule has 0 atom stereocenters. The second-order valence-corrected chi connectivity index (χ2v) is 3.25. The zero-order chi connectivity index (χ0) is 10.8. The molecule has 1 heterocycles. The number of benzene rings is 1. The summed E-state index contributed by atoms with van der Waals surface area (Å²) in [7, 11) is 3.22. The SMILES string of the molecule is COc1cc2nncc(C)c2cc1OC. The molecule has 4 nitrogen and oxygen atoms in total. The van der Waals surface area contributed by atoms with Crippen LogP contribution >= 0.6 is 0 Å². The van der Waals surface area contributed by atoms with Gasteiger partial charge in [-0.1, -0.05) is 0 Å². The van der Waals surface area contributed by atoms with Gasteiger partial charge in [-0.15, -0.1) is 0 Å². The van der Waals surface area contributed by atoms with E-state index in [-0.39, 0.29) is 0 Å². The Bertz CT molecular complexity index is 497. The van der Waals surface area contributed by atoms with Crippen LogP contribution in [0.4, 0.5) is 0 Å². The predicted octanol–water partition coefficient (Wildman–Crippen LogP) is 1.96. The van der Waals surface area contributed by atoms with Crippen molar-refractivity contribution in [3.63, 3.8) is 0 Å². The van der Waals surface area contributed by atoms with Crippen molar-refractivity contribution in [1.82, 2.24) is 10.2 Å². The van der Waals surface area contributed by atoms with Crippen LogP contribution in [0.5, 0.6) is 11.5 Å². The Balaban J connectivity index is 2.75. The first-order chi connectivity index (χ1) is 7.26. The fraction of sp³-hybridized carbons (Fsp3) is 0.273. The van der Waals surface area contributed by atoms with Crippen molar-refractivity contribution in [2.24, 2.45) is 0 Å². The number of hydrogen-bond acceptors (Lipinski definition) is 4. The zero-order valence-corrected chi connectivity index (χ0v) is 8.94. The van der Waals surface area contributed by atoms with E-state index >= 15 is 0 Å².